The van der Waals surface area contributed by atoms with Crippen LogP contribution in [0.4, 0.5) is 8.78 Å². The lowest BCUT2D eigenvalue weighted by molar-refractivity contribution is 0.0286. The first kappa shape index (κ1) is 26.3. The molecule has 0 N–H and O–H groups in total. The molecule has 2 nitrogen and oxygen atoms in total. The number of nitriles is 2. The van der Waals surface area contributed by atoms with Crippen LogP contribution in [0.3, 0.4) is 0 Å². The Morgan fingerprint density at radius 1 is 0.722 bits per heavy atom. The highest BCUT2D eigenvalue weighted by atomic mass is 19.2. The Morgan fingerprint density at radius 2 is 1.33 bits per heavy atom. The van der Waals surface area contributed by atoms with Crippen molar-refractivity contribution in [3.05, 3.63) is 58.2 Å². The Bertz CT molecular complexity index is 1160. The minimum atomic E-state index is -0.897. The molecule has 5 rings (SSSR count). The maximum atomic E-state index is 15.7. The minimum Gasteiger partial charge on any atom is -0.203 e. The third-order valence-corrected chi connectivity index (χ3v) is 9.22. The molecule has 3 aliphatic carbocycles. The smallest absolute Gasteiger partial charge is 0.166 e. The van der Waals surface area contributed by atoms with Crippen molar-refractivity contribution in [2.24, 2.45) is 5.41 Å². The molecular weight excluding hydrogens is 450 g/mol. The summed E-state index contributed by atoms with van der Waals surface area (Å²) in [6.07, 6.45) is 14.8. The second-order valence-corrected chi connectivity index (χ2v) is 11.2. The van der Waals surface area contributed by atoms with E-state index in [0.717, 1.165) is 63.4 Å². The van der Waals surface area contributed by atoms with Crippen LogP contribution in [0.15, 0.2) is 24.3 Å². The molecule has 4 heteroatoms. The van der Waals surface area contributed by atoms with Crippen molar-refractivity contribution in [3.63, 3.8) is 0 Å². The van der Waals surface area contributed by atoms with E-state index < -0.39 is 11.6 Å². The van der Waals surface area contributed by atoms with E-state index in [1.807, 2.05) is 0 Å². The molecule has 2 bridgehead atoms. The highest BCUT2D eigenvalue weighted by Gasteiger charge is 2.50. The first-order valence-corrected chi connectivity index (χ1v) is 13.9. The van der Waals surface area contributed by atoms with Gasteiger partial charge in [-0.05, 0) is 79.7 Å². The lowest BCUT2D eigenvalue weighted by Gasteiger charge is -2.54. The Hall–Kier alpha value is -2.72. The Kier molecular flexibility index (Phi) is 8.14. The zero-order chi connectivity index (χ0) is 25.8. The first-order chi connectivity index (χ1) is 17.4. The van der Waals surface area contributed by atoms with Gasteiger partial charge in [0.05, 0.1) is 11.1 Å². The Morgan fingerprint density at radius 3 is 1.94 bits per heavy atom. The molecule has 2 aromatic rings. The van der Waals surface area contributed by atoms with Gasteiger partial charge in [0.1, 0.15) is 12.1 Å². The van der Waals surface area contributed by atoms with E-state index in [4.69, 9.17) is 0 Å². The number of unbranched alkanes of at least 4 members (excludes halogenated alkanes) is 4. The molecule has 0 amide bonds. The third-order valence-electron chi connectivity index (χ3n) is 9.22. The van der Waals surface area contributed by atoms with Gasteiger partial charge in [-0.2, -0.15) is 10.5 Å². The predicted molar refractivity (Wildman–Crippen MR) is 140 cm³/mol. The highest BCUT2D eigenvalue weighted by molar-refractivity contribution is 5.75. The lowest BCUT2D eigenvalue weighted by Crippen LogP contribution is -2.44. The van der Waals surface area contributed by atoms with Crippen LogP contribution in [0, 0.1) is 39.7 Å². The van der Waals surface area contributed by atoms with Crippen LogP contribution in [0.1, 0.15) is 120 Å². The van der Waals surface area contributed by atoms with Crippen LogP contribution in [0.5, 0.6) is 0 Å². The van der Waals surface area contributed by atoms with Gasteiger partial charge >= 0.3 is 0 Å². The molecular formula is C32H38F2N2. The number of fused-ring (bicyclic) bond motifs is 3. The van der Waals surface area contributed by atoms with E-state index in [1.54, 1.807) is 24.3 Å². The summed E-state index contributed by atoms with van der Waals surface area (Å²) in [5.41, 5.74) is 2.22. The van der Waals surface area contributed by atoms with Crippen molar-refractivity contribution in [1.29, 1.82) is 10.5 Å². The number of benzene rings is 2. The van der Waals surface area contributed by atoms with Gasteiger partial charge < -0.3 is 0 Å². The number of aryl methyl sites for hydroxylation is 1. The van der Waals surface area contributed by atoms with Crippen molar-refractivity contribution in [1.82, 2.24) is 0 Å². The van der Waals surface area contributed by atoms with Crippen LogP contribution in [-0.4, -0.2) is 0 Å². The number of hydrogen-bond donors (Lipinski definition) is 0. The fourth-order valence-corrected chi connectivity index (χ4v) is 6.85. The van der Waals surface area contributed by atoms with Gasteiger partial charge in [0.25, 0.3) is 0 Å². The standard InChI is InChI=1S/C32H38F2N2/c1-3-5-7-9-23-10-11-24(27(22-36)26(23)21-35)25-12-13-28(30(34)29(25)33)32-18-15-31(16-19-32,17-20-32)14-8-6-4-2/h10-13H,3-9,14-20H2,1-2H3. The molecule has 190 valence electrons. The van der Waals surface area contributed by atoms with Gasteiger partial charge in [0.2, 0.25) is 0 Å². The van der Waals surface area contributed by atoms with E-state index >= 15 is 8.78 Å². The van der Waals surface area contributed by atoms with Gasteiger partial charge in [-0.15, -0.1) is 0 Å². The lowest BCUT2D eigenvalue weighted by atomic mass is 9.51. The summed E-state index contributed by atoms with van der Waals surface area (Å²) in [6, 6.07) is 11.1. The van der Waals surface area contributed by atoms with E-state index in [2.05, 4.69) is 26.0 Å². The third kappa shape index (κ3) is 4.80. The summed E-state index contributed by atoms with van der Waals surface area (Å²) >= 11 is 0. The zero-order valence-electron chi connectivity index (χ0n) is 21.9. The highest BCUT2D eigenvalue weighted by Crippen LogP contribution is 2.60. The number of hydrogen-bond acceptors (Lipinski definition) is 2. The summed E-state index contributed by atoms with van der Waals surface area (Å²) in [7, 11) is 0. The molecule has 0 heterocycles. The van der Waals surface area contributed by atoms with Crippen molar-refractivity contribution >= 4 is 0 Å². The molecule has 0 saturated heterocycles. The second kappa shape index (κ2) is 11.1. The van der Waals surface area contributed by atoms with Crippen molar-refractivity contribution < 1.29 is 8.78 Å². The minimum absolute atomic E-state index is 0.0707. The molecule has 2 aromatic carbocycles. The fourth-order valence-electron chi connectivity index (χ4n) is 6.85. The Labute approximate surface area is 215 Å². The average Bonchev–Trinajstić information content (AvgIpc) is 2.91. The largest absolute Gasteiger partial charge is 0.203 e. The van der Waals surface area contributed by atoms with E-state index in [-0.39, 0.29) is 22.1 Å². The summed E-state index contributed by atoms with van der Waals surface area (Å²) in [6.45, 7) is 4.34. The average molecular weight is 489 g/mol. The molecule has 0 radical (unpaired) electrons. The van der Waals surface area contributed by atoms with Crippen LogP contribution in [-0.2, 0) is 11.8 Å². The summed E-state index contributed by atoms with van der Waals surface area (Å²) in [4.78, 5) is 0. The van der Waals surface area contributed by atoms with E-state index in [9.17, 15) is 10.5 Å². The molecule has 36 heavy (non-hydrogen) atoms. The van der Waals surface area contributed by atoms with Gasteiger partial charge in [0, 0.05) is 11.1 Å². The van der Waals surface area contributed by atoms with Crippen LogP contribution < -0.4 is 0 Å². The van der Waals surface area contributed by atoms with Gasteiger partial charge in [0.15, 0.2) is 11.6 Å². The molecule has 0 spiro atoms. The van der Waals surface area contributed by atoms with Gasteiger partial charge in [-0.1, -0.05) is 70.2 Å². The maximum Gasteiger partial charge on any atom is 0.166 e. The summed E-state index contributed by atoms with van der Waals surface area (Å²) in [5.74, 6) is -1.67. The van der Waals surface area contributed by atoms with Gasteiger partial charge in [-0.25, -0.2) is 8.78 Å². The zero-order valence-corrected chi connectivity index (χ0v) is 21.9. The Balaban J connectivity index is 1.63. The molecule has 3 saturated carbocycles. The summed E-state index contributed by atoms with van der Waals surface area (Å²) < 4.78 is 31.3. The monoisotopic (exact) mass is 488 g/mol. The van der Waals surface area contributed by atoms with E-state index in [0.29, 0.717) is 23.0 Å². The fraction of sp³-hybridized carbons (Fsp3) is 0.562. The quantitative estimate of drug-likeness (QED) is 0.313. The number of rotatable bonds is 10. The SMILES string of the molecule is CCCCCc1ccc(-c2ccc(C34CCC(CCCCC)(CC3)CC4)c(F)c2F)c(C#N)c1C#N. The normalized spacial score (nSPS) is 22.8. The van der Waals surface area contributed by atoms with Crippen molar-refractivity contribution in [3.8, 4) is 23.3 Å². The topological polar surface area (TPSA) is 47.6 Å². The van der Waals surface area contributed by atoms with E-state index in [1.165, 1.54) is 25.7 Å². The van der Waals surface area contributed by atoms with Crippen molar-refractivity contribution in [2.75, 3.05) is 0 Å². The van der Waals surface area contributed by atoms with Crippen LogP contribution in [0.2, 0.25) is 0 Å². The van der Waals surface area contributed by atoms with Crippen LogP contribution in [0.25, 0.3) is 11.1 Å². The van der Waals surface area contributed by atoms with Crippen LogP contribution >= 0.6 is 0 Å². The van der Waals surface area contributed by atoms with Crippen molar-refractivity contribution in [2.45, 2.75) is 109 Å². The number of halogens is 2. The second-order valence-electron chi connectivity index (χ2n) is 11.2. The summed E-state index contributed by atoms with van der Waals surface area (Å²) in [5, 5.41) is 19.7. The molecule has 3 fully saturated rings. The molecule has 0 atom stereocenters. The molecule has 0 unspecified atom stereocenters. The first-order valence-electron chi connectivity index (χ1n) is 13.9. The maximum absolute atomic E-state index is 15.7. The molecule has 0 aromatic heterocycles. The predicted octanol–water partition coefficient (Wildman–Crippen LogP) is 9.28. The number of nitrogens with zero attached hydrogens (tertiary/aromatic N) is 2. The molecule has 3 aliphatic rings. The molecule has 0 aliphatic heterocycles. The van der Waals surface area contributed by atoms with Gasteiger partial charge in [-0.3, -0.25) is 0 Å².